The highest BCUT2D eigenvalue weighted by molar-refractivity contribution is 9.10. The minimum Gasteiger partial charge on any atom is -0.480 e. The predicted molar refractivity (Wildman–Crippen MR) is 85.7 cm³/mol. The van der Waals surface area contributed by atoms with Gasteiger partial charge < -0.3 is 15.7 Å². The first-order valence-corrected chi connectivity index (χ1v) is 8.25. The van der Waals surface area contributed by atoms with Crippen molar-refractivity contribution < 1.29 is 14.7 Å². The van der Waals surface area contributed by atoms with Crippen LogP contribution in [0.1, 0.15) is 6.42 Å². The summed E-state index contributed by atoms with van der Waals surface area (Å²) in [5.41, 5.74) is 0.521. The van der Waals surface area contributed by atoms with Crippen LogP contribution in [0.2, 0.25) is 5.02 Å². The third kappa shape index (κ3) is 5.60. The Kier molecular flexibility index (Phi) is 7.18. The minimum absolute atomic E-state index is 0.369. The third-order valence-electron chi connectivity index (χ3n) is 2.39. The number of urea groups is 1. The van der Waals surface area contributed by atoms with Crippen LogP contribution in [-0.4, -0.2) is 35.2 Å². The summed E-state index contributed by atoms with van der Waals surface area (Å²) >= 11 is 10.6. The Morgan fingerprint density at radius 3 is 2.75 bits per heavy atom. The van der Waals surface area contributed by atoms with Gasteiger partial charge >= 0.3 is 12.0 Å². The van der Waals surface area contributed by atoms with Crippen molar-refractivity contribution >= 4 is 57.0 Å². The standard InChI is InChI=1S/C12H14BrClN2O3S/c1-20-5-4-10(11(17)18)16-12(19)15-7-2-3-9(14)8(13)6-7/h2-3,6,10H,4-5H2,1H3,(H,17,18)(H2,15,16,19)/t10-/m1/s1. The Labute approximate surface area is 134 Å². The van der Waals surface area contributed by atoms with Gasteiger partial charge in [-0.1, -0.05) is 11.6 Å². The van der Waals surface area contributed by atoms with E-state index in [2.05, 4.69) is 26.6 Å². The van der Waals surface area contributed by atoms with Gasteiger partial charge in [0.25, 0.3) is 0 Å². The van der Waals surface area contributed by atoms with Crippen molar-refractivity contribution in [2.75, 3.05) is 17.3 Å². The molecule has 0 bridgehead atoms. The maximum atomic E-state index is 11.7. The molecule has 0 aliphatic carbocycles. The van der Waals surface area contributed by atoms with Crippen molar-refractivity contribution in [3.63, 3.8) is 0 Å². The summed E-state index contributed by atoms with van der Waals surface area (Å²) in [7, 11) is 0. The molecule has 0 fully saturated rings. The fourth-order valence-corrected chi connectivity index (χ4v) is 2.36. The maximum absolute atomic E-state index is 11.7. The molecule has 2 amide bonds. The normalized spacial score (nSPS) is 11.8. The first kappa shape index (κ1) is 17.1. The predicted octanol–water partition coefficient (Wildman–Crippen LogP) is 3.43. The van der Waals surface area contributed by atoms with Gasteiger partial charge in [-0.2, -0.15) is 11.8 Å². The average Bonchev–Trinajstić information content (AvgIpc) is 2.38. The van der Waals surface area contributed by atoms with E-state index in [4.69, 9.17) is 16.7 Å². The Balaban J connectivity index is 2.60. The number of carboxylic acid groups (broad SMARTS) is 1. The SMILES string of the molecule is CSCC[C@@H](NC(=O)Nc1ccc(Cl)c(Br)c1)C(=O)O. The monoisotopic (exact) mass is 380 g/mol. The van der Waals surface area contributed by atoms with E-state index >= 15 is 0 Å². The van der Waals surface area contributed by atoms with Crippen LogP contribution in [0.3, 0.4) is 0 Å². The molecule has 1 aromatic carbocycles. The Bertz CT molecular complexity index is 502. The molecule has 0 saturated heterocycles. The van der Waals surface area contributed by atoms with Crippen LogP contribution >= 0.6 is 39.3 Å². The number of carboxylic acids is 1. The van der Waals surface area contributed by atoms with Crippen molar-refractivity contribution in [3.05, 3.63) is 27.7 Å². The lowest BCUT2D eigenvalue weighted by molar-refractivity contribution is -0.139. The molecule has 0 aliphatic rings. The number of amides is 2. The number of hydrogen-bond donors (Lipinski definition) is 3. The smallest absolute Gasteiger partial charge is 0.326 e. The number of rotatable bonds is 6. The van der Waals surface area contributed by atoms with Gasteiger partial charge in [-0.3, -0.25) is 0 Å². The van der Waals surface area contributed by atoms with E-state index in [0.717, 1.165) is 0 Å². The molecule has 1 rings (SSSR count). The van der Waals surface area contributed by atoms with E-state index < -0.39 is 18.0 Å². The second-order valence-electron chi connectivity index (χ2n) is 3.90. The second-order valence-corrected chi connectivity index (χ2v) is 6.15. The van der Waals surface area contributed by atoms with Crippen LogP contribution < -0.4 is 10.6 Å². The molecule has 110 valence electrons. The van der Waals surface area contributed by atoms with Crippen LogP contribution in [0.5, 0.6) is 0 Å². The first-order valence-electron chi connectivity index (χ1n) is 5.68. The topological polar surface area (TPSA) is 78.4 Å². The highest BCUT2D eigenvalue weighted by atomic mass is 79.9. The second kappa shape index (κ2) is 8.39. The van der Waals surface area contributed by atoms with Gasteiger partial charge in [0.15, 0.2) is 0 Å². The van der Waals surface area contributed by atoms with E-state index in [-0.39, 0.29) is 0 Å². The zero-order chi connectivity index (χ0) is 15.1. The summed E-state index contributed by atoms with van der Waals surface area (Å²) in [5.74, 6) is -0.393. The van der Waals surface area contributed by atoms with E-state index in [1.54, 1.807) is 18.2 Å². The number of aliphatic carboxylic acids is 1. The molecule has 1 aromatic rings. The van der Waals surface area contributed by atoms with Crippen LogP contribution in [0.25, 0.3) is 0 Å². The lowest BCUT2D eigenvalue weighted by Gasteiger charge is -2.14. The number of benzene rings is 1. The zero-order valence-electron chi connectivity index (χ0n) is 10.7. The largest absolute Gasteiger partial charge is 0.480 e. The molecule has 5 nitrogen and oxygen atoms in total. The van der Waals surface area contributed by atoms with Gasteiger partial charge in [0, 0.05) is 10.2 Å². The quantitative estimate of drug-likeness (QED) is 0.705. The number of carbonyl (C=O) groups is 2. The summed E-state index contributed by atoms with van der Waals surface area (Å²) in [5, 5.41) is 14.5. The molecule has 0 radical (unpaired) electrons. The number of carbonyl (C=O) groups excluding carboxylic acids is 1. The van der Waals surface area contributed by atoms with Gasteiger partial charge in [0.2, 0.25) is 0 Å². The van der Waals surface area contributed by atoms with E-state index in [9.17, 15) is 9.59 Å². The summed E-state index contributed by atoms with van der Waals surface area (Å²) in [6, 6.07) is 3.43. The summed E-state index contributed by atoms with van der Waals surface area (Å²) in [4.78, 5) is 22.8. The molecule has 0 saturated carbocycles. The summed E-state index contributed by atoms with van der Waals surface area (Å²) in [6.07, 6.45) is 2.25. The number of thioether (sulfide) groups is 1. The van der Waals surface area contributed by atoms with Crippen molar-refractivity contribution in [1.82, 2.24) is 5.32 Å². The number of hydrogen-bond acceptors (Lipinski definition) is 3. The highest BCUT2D eigenvalue weighted by Crippen LogP contribution is 2.25. The lowest BCUT2D eigenvalue weighted by Crippen LogP contribution is -2.43. The summed E-state index contributed by atoms with van der Waals surface area (Å²) in [6.45, 7) is 0. The molecule has 3 N–H and O–H groups in total. The van der Waals surface area contributed by atoms with E-state index in [0.29, 0.717) is 27.4 Å². The van der Waals surface area contributed by atoms with Gasteiger partial charge in [-0.25, -0.2) is 9.59 Å². The molecule has 0 aromatic heterocycles. The lowest BCUT2D eigenvalue weighted by atomic mass is 10.2. The van der Waals surface area contributed by atoms with Gasteiger partial charge in [-0.05, 0) is 52.6 Å². The summed E-state index contributed by atoms with van der Waals surface area (Å²) < 4.78 is 0.647. The van der Waals surface area contributed by atoms with Crippen molar-refractivity contribution in [2.24, 2.45) is 0 Å². The molecular weight excluding hydrogens is 368 g/mol. The molecule has 0 heterocycles. The number of anilines is 1. The first-order chi connectivity index (χ1) is 9.43. The molecule has 8 heteroatoms. The fourth-order valence-electron chi connectivity index (χ4n) is 1.39. The maximum Gasteiger partial charge on any atom is 0.326 e. The van der Waals surface area contributed by atoms with Crippen LogP contribution in [0, 0.1) is 0 Å². The van der Waals surface area contributed by atoms with E-state index in [1.165, 1.54) is 11.8 Å². The van der Waals surface area contributed by atoms with Crippen LogP contribution in [0.15, 0.2) is 22.7 Å². The van der Waals surface area contributed by atoms with Crippen molar-refractivity contribution in [3.8, 4) is 0 Å². The molecule has 1 atom stereocenters. The molecule has 0 unspecified atom stereocenters. The molecule has 20 heavy (non-hydrogen) atoms. The zero-order valence-corrected chi connectivity index (χ0v) is 13.8. The Morgan fingerprint density at radius 1 is 1.50 bits per heavy atom. The number of nitrogens with one attached hydrogen (secondary N) is 2. The van der Waals surface area contributed by atoms with Crippen molar-refractivity contribution in [1.29, 1.82) is 0 Å². The average molecular weight is 382 g/mol. The van der Waals surface area contributed by atoms with Crippen LogP contribution in [-0.2, 0) is 4.79 Å². The van der Waals surface area contributed by atoms with E-state index in [1.807, 2.05) is 6.26 Å². The third-order valence-corrected chi connectivity index (χ3v) is 4.25. The highest BCUT2D eigenvalue weighted by Gasteiger charge is 2.19. The molecule has 0 spiro atoms. The van der Waals surface area contributed by atoms with Gasteiger partial charge in [0.1, 0.15) is 6.04 Å². The fraction of sp³-hybridized carbons (Fsp3) is 0.333. The Morgan fingerprint density at radius 2 is 2.20 bits per heavy atom. The Hall–Kier alpha value is -0.920. The molecular formula is C12H14BrClN2O3S. The van der Waals surface area contributed by atoms with Gasteiger partial charge in [0.05, 0.1) is 5.02 Å². The van der Waals surface area contributed by atoms with Gasteiger partial charge in [-0.15, -0.1) is 0 Å². The van der Waals surface area contributed by atoms with Crippen LogP contribution in [0.4, 0.5) is 10.5 Å². The number of halogens is 2. The molecule has 0 aliphatic heterocycles. The minimum atomic E-state index is -1.05. The van der Waals surface area contributed by atoms with Crippen molar-refractivity contribution in [2.45, 2.75) is 12.5 Å².